The Morgan fingerprint density at radius 3 is 2.24 bits per heavy atom. The maximum Gasteiger partial charge on any atom is 0.224 e. The molecule has 0 radical (unpaired) electrons. The lowest BCUT2D eigenvalue weighted by Crippen LogP contribution is -2.59. The average molecular weight is 298 g/mol. The Kier molecular flexibility index (Phi) is 7.11. The van der Waals surface area contributed by atoms with Crippen molar-refractivity contribution in [1.29, 1.82) is 0 Å². The number of rotatable bonds is 6. The molecule has 0 aromatic rings. The number of likely N-dealkylation sites (N-methyl/N-ethyl adjacent to an activating group) is 1. The summed E-state index contributed by atoms with van der Waals surface area (Å²) in [5.41, 5.74) is 0. The van der Waals surface area contributed by atoms with Crippen LogP contribution in [0.1, 0.15) is 27.2 Å². The van der Waals surface area contributed by atoms with Crippen LogP contribution in [0.5, 0.6) is 0 Å². The van der Waals surface area contributed by atoms with Crippen LogP contribution in [-0.2, 0) is 9.59 Å². The van der Waals surface area contributed by atoms with Crippen LogP contribution in [0.4, 0.5) is 0 Å². The first-order valence-electron chi connectivity index (χ1n) is 7.74. The van der Waals surface area contributed by atoms with Crippen molar-refractivity contribution in [2.75, 3.05) is 46.8 Å². The SMILES string of the molecule is CC(=O)NCCC(=O)N1CC(C)N(CCN(C)C)C(C)C1. The first-order valence-corrected chi connectivity index (χ1v) is 7.74. The minimum absolute atomic E-state index is 0.0851. The van der Waals surface area contributed by atoms with Crippen molar-refractivity contribution >= 4 is 11.8 Å². The molecule has 1 heterocycles. The maximum atomic E-state index is 12.2. The van der Waals surface area contributed by atoms with Gasteiger partial charge in [0.25, 0.3) is 0 Å². The number of nitrogens with one attached hydrogen (secondary N) is 1. The maximum absolute atomic E-state index is 12.2. The fourth-order valence-electron chi connectivity index (χ4n) is 2.82. The van der Waals surface area contributed by atoms with Crippen LogP contribution in [-0.4, -0.2) is 85.4 Å². The average Bonchev–Trinajstić information content (AvgIpc) is 2.36. The lowest BCUT2D eigenvalue weighted by Gasteiger charge is -2.44. The highest BCUT2D eigenvalue weighted by Crippen LogP contribution is 2.16. The van der Waals surface area contributed by atoms with Crippen LogP contribution in [0.3, 0.4) is 0 Å². The summed E-state index contributed by atoms with van der Waals surface area (Å²) in [6.07, 6.45) is 0.386. The second-order valence-corrected chi connectivity index (χ2v) is 6.27. The van der Waals surface area contributed by atoms with Crippen molar-refractivity contribution in [3.63, 3.8) is 0 Å². The summed E-state index contributed by atoms with van der Waals surface area (Å²) in [6.45, 7) is 9.87. The Morgan fingerprint density at radius 1 is 1.19 bits per heavy atom. The van der Waals surface area contributed by atoms with E-state index in [2.05, 4.69) is 43.1 Å². The Balaban J connectivity index is 2.44. The van der Waals surface area contributed by atoms with Gasteiger partial charge in [-0.05, 0) is 27.9 Å². The van der Waals surface area contributed by atoms with Gasteiger partial charge in [-0.2, -0.15) is 0 Å². The van der Waals surface area contributed by atoms with E-state index in [1.54, 1.807) is 0 Å². The Bertz CT molecular complexity index is 348. The molecule has 1 rings (SSSR count). The molecule has 0 aliphatic carbocycles. The molecule has 0 aromatic heterocycles. The molecule has 1 aliphatic rings. The molecule has 6 heteroatoms. The van der Waals surface area contributed by atoms with E-state index in [-0.39, 0.29) is 11.8 Å². The van der Waals surface area contributed by atoms with E-state index < -0.39 is 0 Å². The highest BCUT2D eigenvalue weighted by molar-refractivity contribution is 5.78. The van der Waals surface area contributed by atoms with Gasteiger partial charge in [0.1, 0.15) is 0 Å². The van der Waals surface area contributed by atoms with E-state index in [9.17, 15) is 9.59 Å². The van der Waals surface area contributed by atoms with E-state index >= 15 is 0 Å². The fourth-order valence-corrected chi connectivity index (χ4v) is 2.82. The predicted molar refractivity (Wildman–Crippen MR) is 84.1 cm³/mol. The first kappa shape index (κ1) is 17.9. The van der Waals surface area contributed by atoms with E-state index in [1.165, 1.54) is 6.92 Å². The molecule has 1 saturated heterocycles. The van der Waals surface area contributed by atoms with Gasteiger partial charge in [0.15, 0.2) is 0 Å². The molecule has 1 fully saturated rings. The second-order valence-electron chi connectivity index (χ2n) is 6.27. The molecule has 1 N–H and O–H groups in total. The monoisotopic (exact) mass is 298 g/mol. The molecule has 0 spiro atoms. The normalized spacial score (nSPS) is 23.4. The van der Waals surface area contributed by atoms with Crippen molar-refractivity contribution in [3.05, 3.63) is 0 Å². The van der Waals surface area contributed by atoms with Crippen LogP contribution in [0.15, 0.2) is 0 Å². The molecule has 122 valence electrons. The van der Waals surface area contributed by atoms with Crippen molar-refractivity contribution in [1.82, 2.24) is 20.0 Å². The predicted octanol–water partition coefficient (Wildman–Crippen LogP) is -0.00460. The number of carbonyl (C=O) groups is 2. The molecule has 1 aliphatic heterocycles. The largest absolute Gasteiger partial charge is 0.356 e. The van der Waals surface area contributed by atoms with E-state index in [4.69, 9.17) is 0 Å². The zero-order valence-corrected chi connectivity index (χ0v) is 14.1. The van der Waals surface area contributed by atoms with Crippen molar-refractivity contribution < 1.29 is 9.59 Å². The standard InChI is InChI=1S/C15H30N4O2/c1-12-10-18(15(21)6-7-16-14(3)20)11-13(2)19(12)9-8-17(4)5/h12-13H,6-11H2,1-5H3,(H,16,20). The number of hydrogen-bond donors (Lipinski definition) is 1. The number of piperazine rings is 1. The Hall–Kier alpha value is -1.14. The third-order valence-electron chi connectivity index (χ3n) is 3.97. The lowest BCUT2D eigenvalue weighted by atomic mass is 10.1. The Morgan fingerprint density at radius 2 is 1.76 bits per heavy atom. The summed E-state index contributed by atoms with van der Waals surface area (Å²) in [5.74, 6) is 0.0488. The van der Waals surface area contributed by atoms with Crippen LogP contribution in [0, 0.1) is 0 Å². The van der Waals surface area contributed by atoms with E-state index in [1.807, 2.05) is 4.90 Å². The van der Waals surface area contributed by atoms with Gasteiger partial charge < -0.3 is 15.1 Å². The molecular weight excluding hydrogens is 268 g/mol. The van der Waals surface area contributed by atoms with Gasteiger partial charge in [0.2, 0.25) is 11.8 Å². The molecule has 21 heavy (non-hydrogen) atoms. The number of amides is 2. The topological polar surface area (TPSA) is 55.9 Å². The van der Waals surface area contributed by atoms with E-state index in [0.29, 0.717) is 25.0 Å². The zero-order valence-electron chi connectivity index (χ0n) is 14.1. The van der Waals surface area contributed by atoms with Gasteiger partial charge in [-0.3, -0.25) is 14.5 Å². The van der Waals surface area contributed by atoms with E-state index in [0.717, 1.165) is 26.2 Å². The number of hydrogen-bond acceptors (Lipinski definition) is 4. The number of nitrogens with zero attached hydrogens (tertiary/aromatic N) is 3. The smallest absolute Gasteiger partial charge is 0.224 e. The molecule has 6 nitrogen and oxygen atoms in total. The van der Waals surface area contributed by atoms with Crippen molar-refractivity contribution in [3.8, 4) is 0 Å². The van der Waals surface area contributed by atoms with Crippen molar-refractivity contribution in [2.45, 2.75) is 39.3 Å². The summed E-state index contributed by atoms with van der Waals surface area (Å²) in [6, 6.07) is 0.747. The van der Waals surface area contributed by atoms with Crippen LogP contribution in [0.25, 0.3) is 0 Å². The number of carbonyl (C=O) groups excluding carboxylic acids is 2. The molecule has 2 atom stereocenters. The highest BCUT2D eigenvalue weighted by Gasteiger charge is 2.31. The van der Waals surface area contributed by atoms with Crippen molar-refractivity contribution in [2.24, 2.45) is 0 Å². The summed E-state index contributed by atoms with van der Waals surface area (Å²) < 4.78 is 0. The minimum atomic E-state index is -0.0851. The molecule has 2 amide bonds. The summed E-state index contributed by atoms with van der Waals surface area (Å²) in [7, 11) is 4.16. The second kappa shape index (κ2) is 8.34. The van der Waals surface area contributed by atoms with Gasteiger partial charge in [-0.25, -0.2) is 0 Å². The fraction of sp³-hybridized carbons (Fsp3) is 0.867. The molecule has 0 bridgehead atoms. The summed E-state index contributed by atoms with van der Waals surface area (Å²) >= 11 is 0. The zero-order chi connectivity index (χ0) is 16.0. The van der Waals surface area contributed by atoms with Gasteiger partial charge in [-0.1, -0.05) is 0 Å². The summed E-state index contributed by atoms with van der Waals surface area (Å²) in [4.78, 5) is 29.6. The molecule has 0 aromatic carbocycles. The highest BCUT2D eigenvalue weighted by atomic mass is 16.2. The Labute approximate surface area is 128 Å². The third-order valence-corrected chi connectivity index (χ3v) is 3.97. The van der Waals surface area contributed by atoms with Gasteiger partial charge >= 0.3 is 0 Å². The summed E-state index contributed by atoms with van der Waals surface area (Å²) in [5, 5.41) is 2.68. The lowest BCUT2D eigenvalue weighted by molar-refractivity contribution is -0.135. The minimum Gasteiger partial charge on any atom is -0.356 e. The van der Waals surface area contributed by atoms with Gasteiger partial charge in [0.05, 0.1) is 0 Å². The first-order chi connectivity index (χ1) is 9.81. The molecular formula is C15H30N4O2. The van der Waals surface area contributed by atoms with Gasteiger partial charge in [0, 0.05) is 58.2 Å². The third kappa shape index (κ3) is 6.01. The van der Waals surface area contributed by atoms with Crippen LogP contribution < -0.4 is 5.32 Å². The quantitative estimate of drug-likeness (QED) is 0.750. The molecule has 2 unspecified atom stereocenters. The molecule has 0 saturated carbocycles. The van der Waals surface area contributed by atoms with Gasteiger partial charge in [-0.15, -0.1) is 0 Å². The van der Waals surface area contributed by atoms with Crippen LogP contribution in [0.2, 0.25) is 0 Å². The van der Waals surface area contributed by atoms with Crippen LogP contribution >= 0.6 is 0 Å².